The van der Waals surface area contributed by atoms with E-state index >= 15 is 0 Å². The van der Waals surface area contributed by atoms with Crippen LogP contribution in [0.5, 0.6) is 0 Å². The normalized spacial score (nSPS) is 21.4. The maximum atomic E-state index is 12.3. The van der Waals surface area contributed by atoms with Crippen molar-refractivity contribution in [3.05, 3.63) is 46.4 Å². The molecule has 0 saturated carbocycles. The fourth-order valence-corrected chi connectivity index (χ4v) is 4.15. The zero-order valence-electron chi connectivity index (χ0n) is 11.2. The molecule has 3 rings (SSSR count). The van der Waals surface area contributed by atoms with E-state index in [1.165, 1.54) is 23.3 Å². The molecule has 0 bridgehead atoms. The van der Waals surface area contributed by atoms with E-state index in [1.54, 1.807) is 11.8 Å². The van der Waals surface area contributed by atoms with Gasteiger partial charge in [0.05, 0.1) is 5.04 Å². The third-order valence-electron chi connectivity index (χ3n) is 3.91. The van der Waals surface area contributed by atoms with Crippen LogP contribution in [0.4, 0.5) is 0 Å². The molecule has 0 radical (unpaired) electrons. The summed E-state index contributed by atoms with van der Waals surface area (Å²) in [7, 11) is 0. The Hall–Kier alpha value is -0.870. The Morgan fingerprint density at radius 1 is 1.20 bits per heavy atom. The molecule has 2 aliphatic rings. The van der Waals surface area contributed by atoms with Gasteiger partial charge in [0.2, 0.25) is 0 Å². The second-order valence-corrected chi connectivity index (χ2v) is 6.30. The SMILES string of the molecule is Br.N=C1SC2=C(CCCC2)C1CC(=O)c1ccccc1. The fraction of sp³-hybridized carbons (Fsp3) is 0.375. The van der Waals surface area contributed by atoms with E-state index in [1.807, 2.05) is 30.3 Å². The van der Waals surface area contributed by atoms with Gasteiger partial charge in [-0.25, -0.2) is 0 Å². The molecule has 1 heterocycles. The zero-order valence-corrected chi connectivity index (χ0v) is 13.8. The number of carbonyl (C=O) groups excluding carboxylic acids is 1. The van der Waals surface area contributed by atoms with Crippen molar-refractivity contribution in [2.75, 3.05) is 0 Å². The van der Waals surface area contributed by atoms with Gasteiger partial charge in [0.15, 0.2) is 5.78 Å². The lowest BCUT2D eigenvalue weighted by Crippen LogP contribution is -2.15. The molecule has 106 valence electrons. The highest BCUT2D eigenvalue weighted by molar-refractivity contribution is 8.93. The van der Waals surface area contributed by atoms with Gasteiger partial charge in [-0.3, -0.25) is 10.2 Å². The summed E-state index contributed by atoms with van der Waals surface area (Å²) >= 11 is 1.61. The van der Waals surface area contributed by atoms with Gasteiger partial charge in [-0.15, -0.1) is 17.0 Å². The number of hydrogen-bond donors (Lipinski definition) is 1. The largest absolute Gasteiger partial charge is 0.297 e. The molecule has 1 N–H and O–H groups in total. The molecule has 1 atom stereocenters. The van der Waals surface area contributed by atoms with Gasteiger partial charge in [0, 0.05) is 17.9 Å². The molecule has 20 heavy (non-hydrogen) atoms. The van der Waals surface area contributed by atoms with Gasteiger partial charge < -0.3 is 0 Å². The van der Waals surface area contributed by atoms with E-state index in [-0.39, 0.29) is 28.7 Å². The molecule has 0 spiro atoms. The van der Waals surface area contributed by atoms with Crippen molar-refractivity contribution in [2.45, 2.75) is 32.1 Å². The predicted molar refractivity (Wildman–Crippen MR) is 90.0 cm³/mol. The fourth-order valence-electron chi connectivity index (χ4n) is 2.89. The molecule has 4 heteroatoms. The summed E-state index contributed by atoms with van der Waals surface area (Å²) in [5, 5.41) is 8.80. The average molecular weight is 352 g/mol. The Morgan fingerprint density at radius 2 is 1.90 bits per heavy atom. The molecular weight excluding hydrogens is 334 g/mol. The average Bonchev–Trinajstić information content (AvgIpc) is 2.76. The molecular formula is C16H18BrNOS. The lowest BCUT2D eigenvalue weighted by Gasteiger charge is -2.17. The van der Waals surface area contributed by atoms with Gasteiger partial charge in [0.1, 0.15) is 0 Å². The van der Waals surface area contributed by atoms with E-state index in [0.29, 0.717) is 11.5 Å². The number of hydrogen-bond acceptors (Lipinski definition) is 3. The first-order valence-corrected chi connectivity index (χ1v) is 7.64. The van der Waals surface area contributed by atoms with Crippen molar-refractivity contribution in [2.24, 2.45) is 5.92 Å². The van der Waals surface area contributed by atoms with Crippen molar-refractivity contribution in [1.29, 1.82) is 5.41 Å². The van der Waals surface area contributed by atoms with E-state index in [9.17, 15) is 4.79 Å². The second-order valence-electron chi connectivity index (χ2n) is 5.17. The number of ketones is 1. The number of Topliss-reactive ketones (excluding diaryl/α,β-unsaturated/α-hetero) is 1. The third kappa shape index (κ3) is 3.07. The topological polar surface area (TPSA) is 40.9 Å². The number of thioether (sulfide) groups is 1. The Bertz CT molecular complexity index is 553. The smallest absolute Gasteiger partial charge is 0.163 e. The number of allylic oxidation sites excluding steroid dienone is 2. The Balaban J connectivity index is 0.00000147. The van der Waals surface area contributed by atoms with Crippen LogP contribution in [-0.2, 0) is 0 Å². The molecule has 1 aromatic carbocycles. The summed E-state index contributed by atoms with van der Waals surface area (Å²) in [5.41, 5.74) is 2.15. The minimum atomic E-state index is 0. The van der Waals surface area contributed by atoms with Crippen LogP contribution in [0.1, 0.15) is 42.5 Å². The second kappa shape index (κ2) is 6.72. The third-order valence-corrected chi connectivity index (χ3v) is 5.13. The first kappa shape index (κ1) is 15.5. The maximum absolute atomic E-state index is 12.3. The molecule has 1 aliphatic heterocycles. The minimum absolute atomic E-state index is 0. The summed E-state index contributed by atoms with van der Waals surface area (Å²) in [6.07, 6.45) is 5.10. The highest BCUT2D eigenvalue weighted by atomic mass is 79.9. The van der Waals surface area contributed by atoms with Crippen LogP contribution in [-0.4, -0.2) is 10.8 Å². The van der Waals surface area contributed by atoms with Gasteiger partial charge in [-0.1, -0.05) is 47.7 Å². The summed E-state index contributed by atoms with van der Waals surface area (Å²) in [6, 6.07) is 9.45. The molecule has 1 unspecified atom stereocenters. The summed E-state index contributed by atoms with van der Waals surface area (Å²) < 4.78 is 0. The first-order chi connectivity index (χ1) is 9.25. The van der Waals surface area contributed by atoms with Crippen LogP contribution in [0, 0.1) is 11.3 Å². The van der Waals surface area contributed by atoms with Crippen molar-refractivity contribution in [3.8, 4) is 0 Å². The minimum Gasteiger partial charge on any atom is -0.297 e. The number of rotatable bonds is 3. The van der Waals surface area contributed by atoms with Crippen LogP contribution in [0.2, 0.25) is 0 Å². The van der Waals surface area contributed by atoms with Crippen LogP contribution < -0.4 is 0 Å². The molecule has 0 saturated heterocycles. The molecule has 1 aliphatic carbocycles. The maximum Gasteiger partial charge on any atom is 0.163 e. The Morgan fingerprint density at radius 3 is 2.65 bits per heavy atom. The Kier molecular flexibility index (Phi) is 5.22. The lowest BCUT2D eigenvalue weighted by molar-refractivity contribution is 0.0975. The van der Waals surface area contributed by atoms with Crippen LogP contribution in [0.25, 0.3) is 0 Å². The summed E-state index contributed by atoms with van der Waals surface area (Å²) in [4.78, 5) is 13.7. The molecule has 0 fully saturated rings. The summed E-state index contributed by atoms with van der Waals surface area (Å²) in [6.45, 7) is 0. The van der Waals surface area contributed by atoms with Gasteiger partial charge >= 0.3 is 0 Å². The Labute approximate surface area is 134 Å². The first-order valence-electron chi connectivity index (χ1n) is 6.82. The predicted octanol–water partition coefficient (Wildman–Crippen LogP) is 5.01. The van der Waals surface area contributed by atoms with Gasteiger partial charge in [0.25, 0.3) is 0 Å². The standard InChI is InChI=1S/C16H17NOS.BrH/c17-16-13(12-8-4-5-9-15(12)19-16)10-14(18)11-6-2-1-3-7-11;/h1-3,6-7,13,17H,4-5,8-10H2;1H. The van der Waals surface area contributed by atoms with Gasteiger partial charge in [-0.2, -0.15) is 0 Å². The van der Waals surface area contributed by atoms with Crippen molar-refractivity contribution in [3.63, 3.8) is 0 Å². The van der Waals surface area contributed by atoms with E-state index in [4.69, 9.17) is 5.41 Å². The van der Waals surface area contributed by atoms with Crippen molar-refractivity contribution >= 4 is 39.6 Å². The molecule has 0 aromatic heterocycles. The lowest BCUT2D eigenvalue weighted by atomic mass is 9.86. The number of benzene rings is 1. The van der Waals surface area contributed by atoms with Crippen molar-refractivity contribution < 1.29 is 4.79 Å². The van der Waals surface area contributed by atoms with Crippen molar-refractivity contribution in [1.82, 2.24) is 0 Å². The molecule has 0 amide bonds. The van der Waals surface area contributed by atoms with E-state index in [0.717, 1.165) is 18.4 Å². The number of halogens is 1. The quantitative estimate of drug-likeness (QED) is 0.777. The highest BCUT2D eigenvalue weighted by Gasteiger charge is 2.33. The molecule has 1 aromatic rings. The summed E-state index contributed by atoms with van der Waals surface area (Å²) in [5.74, 6) is 0.225. The highest BCUT2D eigenvalue weighted by Crippen LogP contribution is 2.46. The number of carbonyl (C=O) groups is 1. The van der Waals surface area contributed by atoms with Gasteiger partial charge in [-0.05, 0) is 30.6 Å². The monoisotopic (exact) mass is 351 g/mol. The van der Waals surface area contributed by atoms with Crippen LogP contribution >= 0.6 is 28.7 Å². The van der Waals surface area contributed by atoms with Crippen LogP contribution in [0.15, 0.2) is 40.8 Å². The number of nitrogens with one attached hydrogen (secondary N) is 1. The van der Waals surface area contributed by atoms with Crippen LogP contribution in [0.3, 0.4) is 0 Å². The van der Waals surface area contributed by atoms with E-state index < -0.39 is 0 Å². The zero-order chi connectivity index (χ0) is 13.2. The van der Waals surface area contributed by atoms with E-state index in [2.05, 4.69) is 0 Å². The molecule has 2 nitrogen and oxygen atoms in total.